The van der Waals surface area contributed by atoms with Crippen LogP contribution in [-0.2, 0) is 4.79 Å². The molecule has 1 fully saturated rings. The van der Waals surface area contributed by atoms with Gasteiger partial charge in [0.25, 0.3) is 5.91 Å². The minimum Gasteiger partial charge on any atom is -0.353 e. The van der Waals surface area contributed by atoms with Crippen LogP contribution in [0.25, 0.3) is 0 Å². The second-order valence-corrected chi connectivity index (χ2v) is 8.59. The molecule has 1 aliphatic heterocycles. The molecule has 0 aliphatic carbocycles. The van der Waals surface area contributed by atoms with Gasteiger partial charge >= 0.3 is 0 Å². The van der Waals surface area contributed by atoms with E-state index >= 15 is 0 Å². The van der Waals surface area contributed by atoms with Crippen molar-refractivity contribution >= 4 is 39.1 Å². The number of rotatable bonds is 8. The molecule has 0 radical (unpaired) electrons. The van der Waals surface area contributed by atoms with Crippen LogP contribution in [-0.4, -0.2) is 48.9 Å². The number of nitrogens with zero attached hydrogens (tertiary/aromatic N) is 1. The molecule has 2 rings (SSSR count). The standard InChI is InChI=1S/C17H26BrN3O2S/c1-2-3-9-21-10-5-4-6-13(21)11-19-16(22)12-20-17(23)14-7-8-15(18)24-14/h7-8,13H,2-6,9-12H2,1H3,(H,19,22)(H,20,23). The minimum atomic E-state index is -0.205. The highest BCUT2D eigenvalue weighted by atomic mass is 79.9. The zero-order valence-electron chi connectivity index (χ0n) is 14.1. The topological polar surface area (TPSA) is 61.4 Å². The molecule has 1 aromatic heterocycles. The Bertz CT molecular complexity index is 550. The summed E-state index contributed by atoms with van der Waals surface area (Å²) in [7, 11) is 0. The highest BCUT2D eigenvalue weighted by Crippen LogP contribution is 2.21. The van der Waals surface area contributed by atoms with E-state index in [-0.39, 0.29) is 18.4 Å². The van der Waals surface area contributed by atoms with Gasteiger partial charge in [-0.1, -0.05) is 19.8 Å². The predicted molar refractivity (Wildman–Crippen MR) is 101 cm³/mol. The summed E-state index contributed by atoms with van der Waals surface area (Å²) < 4.78 is 0.904. The van der Waals surface area contributed by atoms with E-state index in [1.165, 1.54) is 37.0 Å². The molecule has 2 heterocycles. The second kappa shape index (κ2) is 10.2. The Morgan fingerprint density at radius 2 is 2.17 bits per heavy atom. The number of piperidine rings is 1. The summed E-state index contributed by atoms with van der Waals surface area (Å²) in [6.07, 6.45) is 6.02. The van der Waals surface area contributed by atoms with Crippen molar-refractivity contribution in [2.75, 3.05) is 26.2 Å². The van der Waals surface area contributed by atoms with Crippen molar-refractivity contribution in [3.63, 3.8) is 0 Å². The average Bonchev–Trinajstić information content (AvgIpc) is 3.03. The normalized spacial score (nSPS) is 18.3. The fraction of sp³-hybridized carbons (Fsp3) is 0.647. The summed E-state index contributed by atoms with van der Waals surface area (Å²) in [6.45, 7) is 5.14. The molecule has 1 unspecified atom stereocenters. The lowest BCUT2D eigenvalue weighted by Crippen LogP contribution is -2.48. The molecular formula is C17H26BrN3O2S. The summed E-state index contributed by atoms with van der Waals surface area (Å²) in [5, 5.41) is 5.64. The van der Waals surface area contributed by atoms with E-state index in [9.17, 15) is 9.59 Å². The lowest BCUT2D eigenvalue weighted by molar-refractivity contribution is -0.120. The van der Waals surface area contributed by atoms with E-state index in [1.54, 1.807) is 6.07 Å². The Balaban J connectivity index is 1.70. The highest BCUT2D eigenvalue weighted by Gasteiger charge is 2.22. The van der Waals surface area contributed by atoms with E-state index in [0.29, 0.717) is 17.5 Å². The first-order valence-electron chi connectivity index (χ1n) is 8.64. The van der Waals surface area contributed by atoms with E-state index < -0.39 is 0 Å². The first-order valence-corrected chi connectivity index (χ1v) is 10.3. The third kappa shape index (κ3) is 6.18. The number of carbonyl (C=O) groups is 2. The lowest BCUT2D eigenvalue weighted by Gasteiger charge is -2.35. The SMILES string of the molecule is CCCCN1CCCCC1CNC(=O)CNC(=O)c1ccc(Br)s1. The van der Waals surface area contributed by atoms with Gasteiger partial charge in [0.15, 0.2) is 0 Å². The van der Waals surface area contributed by atoms with Gasteiger partial charge in [-0.25, -0.2) is 0 Å². The van der Waals surface area contributed by atoms with Gasteiger partial charge in [-0.2, -0.15) is 0 Å². The van der Waals surface area contributed by atoms with E-state index in [1.807, 2.05) is 6.07 Å². The number of unbranched alkanes of at least 4 members (excludes halogenated alkanes) is 1. The van der Waals surface area contributed by atoms with Gasteiger partial charge < -0.3 is 10.6 Å². The van der Waals surface area contributed by atoms with Crippen LogP contribution in [0.5, 0.6) is 0 Å². The molecule has 1 saturated heterocycles. The number of hydrogen-bond acceptors (Lipinski definition) is 4. The molecule has 24 heavy (non-hydrogen) atoms. The molecule has 2 N–H and O–H groups in total. The van der Waals surface area contributed by atoms with Crippen LogP contribution in [0, 0.1) is 0 Å². The van der Waals surface area contributed by atoms with Crippen LogP contribution < -0.4 is 10.6 Å². The maximum Gasteiger partial charge on any atom is 0.261 e. The number of carbonyl (C=O) groups excluding carboxylic acids is 2. The Labute approximate surface area is 156 Å². The zero-order chi connectivity index (χ0) is 17.4. The summed E-state index contributed by atoms with van der Waals surface area (Å²) in [5.74, 6) is -0.330. The summed E-state index contributed by atoms with van der Waals surface area (Å²) >= 11 is 4.69. The van der Waals surface area contributed by atoms with Crippen LogP contribution in [0.15, 0.2) is 15.9 Å². The van der Waals surface area contributed by atoms with Crippen LogP contribution in [0.4, 0.5) is 0 Å². The minimum absolute atomic E-state index is 0.0238. The van der Waals surface area contributed by atoms with E-state index in [4.69, 9.17) is 0 Å². The molecule has 1 aromatic rings. The lowest BCUT2D eigenvalue weighted by atomic mass is 10.0. The van der Waals surface area contributed by atoms with Gasteiger partial charge in [-0.05, 0) is 60.4 Å². The first-order chi connectivity index (χ1) is 11.6. The summed E-state index contributed by atoms with van der Waals surface area (Å²) in [4.78, 5) is 27.0. The number of hydrogen-bond donors (Lipinski definition) is 2. The van der Waals surface area contributed by atoms with Crippen molar-refractivity contribution in [3.8, 4) is 0 Å². The fourth-order valence-corrected chi connectivity index (χ4v) is 4.23. The monoisotopic (exact) mass is 415 g/mol. The molecule has 0 aromatic carbocycles. The van der Waals surface area contributed by atoms with Crippen molar-refractivity contribution in [2.24, 2.45) is 0 Å². The zero-order valence-corrected chi connectivity index (χ0v) is 16.5. The third-order valence-corrected chi connectivity index (χ3v) is 5.91. The smallest absolute Gasteiger partial charge is 0.261 e. The van der Waals surface area contributed by atoms with Crippen molar-refractivity contribution < 1.29 is 9.59 Å². The molecular weight excluding hydrogens is 390 g/mol. The van der Waals surface area contributed by atoms with Gasteiger partial charge in [0.2, 0.25) is 5.91 Å². The second-order valence-electron chi connectivity index (χ2n) is 6.13. The predicted octanol–water partition coefficient (Wildman–Crippen LogP) is 3.01. The van der Waals surface area contributed by atoms with Gasteiger partial charge in [0.05, 0.1) is 15.2 Å². The largest absolute Gasteiger partial charge is 0.353 e. The summed E-state index contributed by atoms with van der Waals surface area (Å²) in [6, 6.07) is 4.00. The molecule has 1 aliphatic rings. The molecule has 134 valence electrons. The highest BCUT2D eigenvalue weighted by molar-refractivity contribution is 9.11. The number of nitrogens with one attached hydrogen (secondary N) is 2. The Kier molecular flexibility index (Phi) is 8.21. The fourth-order valence-electron chi connectivity index (χ4n) is 2.92. The third-order valence-electron chi connectivity index (χ3n) is 4.29. The van der Waals surface area contributed by atoms with Gasteiger partial charge in [0.1, 0.15) is 0 Å². The van der Waals surface area contributed by atoms with E-state index in [2.05, 4.69) is 38.4 Å². The molecule has 1 atom stereocenters. The molecule has 0 saturated carbocycles. The molecule has 0 bridgehead atoms. The average molecular weight is 416 g/mol. The van der Waals surface area contributed by atoms with Crippen molar-refractivity contribution in [2.45, 2.75) is 45.1 Å². The van der Waals surface area contributed by atoms with Crippen molar-refractivity contribution in [1.82, 2.24) is 15.5 Å². The summed E-state index contributed by atoms with van der Waals surface area (Å²) in [5.41, 5.74) is 0. The maximum atomic E-state index is 12.0. The first kappa shape index (κ1) is 19.4. The Morgan fingerprint density at radius 1 is 1.33 bits per heavy atom. The van der Waals surface area contributed by atoms with Crippen molar-refractivity contribution in [1.29, 1.82) is 0 Å². The number of thiophene rings is 1. The number of likely N-dealkylation sites (tertiary alicyclic amines) is 1. The van der Waals surface area contributed by atoms with Crippen molar-refractivity contribution in [3.05, 3.63) is 20.8 Å². The Morgan fingerprint density at radius 3 is 2.88 bits per heavy atom. The number of halogens is 1. The molecule has 5 nitrogen and oxygen atoms in total. The maximum absolute atomic E-state index is 12.0. The van der Waals surface area contributed by atoms with Gasteiger partial charge in [-0.15, -0.1) is 11.3 Å². The van der Waals surface area contributed by atoms with Crippen LogP contribution in [0.2, 0.25) is 0 Å². The molecule has 2 amide bonds. The van der Waals surface area contributed by atoms with Gasteiger partial charge in [0, 0.05) is 12.6 Å². The number of amides is 2. The van der Waals surface area contributed by atoms with E-state index in [0.717, 1.165) is 23.3 Å². The van der Waals surface area contributed by atoms with Crippen LogP contribution in [0.3, 0.4) is 0 Å². The molecule has 0 spiro atoms. The van der Waals surface area contributed by atoms with Crippen LogP contribution >= 0.6 is 27.3 Å². The van der Waals surface area contributed by atoms with Crippen LogP contribution in [0.1, 0.15) is 48.7 Å². The van der Waals surface area contributed by atoms with Gasteiger partial charge in [-0.3, -0.25) is 14.5 Å². The molecule has 7 heteroatoms. The quantitative estimate of drug-likeness (QED) is 0.685. The Hall–Kier alpha value is -0.920.